The van der Waals surface area contributed by atoms with Crippen molar-refractivity contribution in [1.29, 1.82) is 0 Å². The van der Waals surface area contributed by atoms with E-state index in [0.717, 1.165) is 11.4 Å². The maximum atomic E-state index is 12.6. The number of nitrogens with one attached hydrogen (secondary N) is 1. The molecule has 28 heavy (non-hydrogen) atoms. The van der Waals surface area contributed by atoms with Crippen LogP contribution in [0.3, 0.4) is 0 Å². The van der Waals surface area contributed by atoms with Crippen molar-refractivity contribution in [3.05, 3.63) is 39.9 Å². The summed E-state index contributed by atoms with van der Waals surface area (Å²) in [4.78, 5) is 27.0. The van der Waals surface area contributed by atoms with Crippen LogP contribution in [0.4, 0.5) is 5.13 Å². The Hall–Kier alpha value is -1.99. The zero-order chi connectivity index (χ0) is 20.3. The predicted octanol–water partition coefficient (Wildman–Crippen LogP) is 4.27. The van der Waals surface area contributed by atoms with Gasteiger partial charge in [-0.2, -0.15) is 0 Å². The maximum absolute atomic E-state index is 12.6. The average Bonchev–Trinajstić information content (AvgIpc) is 3.06. The molecule has 8 heteroatoms. The lowest BCUT2D eigenvalue weighted by Crippen LogP contribution is -2.41. The summed E-state index contributed by atoms with van der Waals surface area (Å²) in [5.41, 5.74) is 0.634. The van der Waals surface area contributed by atoms with Crippen LogP contribution < -0.4 is 5.32 Å². The fraction of sp³-hybridized carbons (Fsp3) is 0.500. The molecule has 0 spiro atoms. The monoisotopic (exact) mass is 420 g/mol. The average molecular weight is 421 g/mol. The molecule has 0 radical (unpaired) electrons. The van der Waals surface area contributed by atoms with E-state index < -0.39 is 0 Å². The van der Waals surface area contributed by atoms with E-state index in [1.165, 1.54) is 11.3 Å². The van der Waals surface area contributed by atoms with Gasteiger partial charge in [0, 0.05) is 25.4 Å². The third-order valence-corrected chi connectivity index (χ3v) is 5.80. The van der Waals surface area contributed by atoms with Gasteiger partial charge in [-0.15, -0.1) is 10.2 Å². The molecule has 150 valence electrons. The van der Waals surface area contributed by atoms with Crippen molar-refractivity contribution in [2.75, 3.05) is 18.4 Å². The van der Waals surface area contributed by atoms with Crippen molar-refractivity contribution in [3.63, 3.8) is 0 Å². The minimum atomic E-state index is -0.134. The number of hydrogen-bond donors (Lipinski definition) is 1. The third-order valence-electron chi connectivity index (χ3n) is 4.64. The first-order valence-corrected chi connectivity index (χ1v) is 10.6. The minimum absolute atomic E-state index is 0.0525. The van der Waals surface area contributed by atoms with E-state index in [1.807, 2.05) is 0 Å². The first-order chi connectivity index (χ1) is 13.2. The summed E-state index contributed by atoms with van der Waals surface area (Å²) >= 11 is 7.55. The number of benzene rings is 1. The molecule has 0 aliphatic carbocycles. The van der Waals surface area contributed by atoms with Crippen molar-refractivity contribution in [1.82, 2.24) is 15.1 Å². The van der Waals surface area contributed by atoms with Crippen LogP contribution in [0.25, 0.3) is 0 Å². The van der Waals surface area contributed by atoms with Crippen LogP contribution in [0, 0.1) is 11.3 Å². The topological polar surface area (TPSA) is 75.2 Å². The number of amides is 2. The molecule has 1 aromatic carbocycles. The molecule has 2 aromatic rings. The number of hydrogen-bond acceptors (Lipinski definition) is 5. The molecule has 0 unspecified atom stereocenters. The van der Waals surface area contributed by atoms with Crippen LogP contribution in [0.15, 0.2) is 24.3 Å². The molecule has 0 bridgehead atoms. The molecule has 1 N–H and O–H groups in total. The molecule has 1 fully saturated rings. The van der Waals surface area contributed by atoms with Gasteiger partial charge in [0.05, 0.1) is 10.6 Å². The second kappa shape index (κ2) is 8.57. The van der Waals surface area contributed by atoms with E-state index in [9.17, 15) is 9.59 Å². The molecular formula is C20H25ClN4O2S. The van der Waals surface area contributed by atoms with Crippen molar-refractivity contribution in [3.8, 4) is 0 Å². The number of anilines is 1. The highest BCUT2D eigenvalue weighted by Crippen LogP contribution is 2.27. The van der Waals surface area contributed by atoms with E-state index in [-0.39, 0.29) is 23.1 Å². The molecular weight excluding hydrogens is 396 g/mol. The molecule has 1 saturated heterocycles. The summed E-state index contributed by atoms with van der Waals surface area (Å²) in [6, 6.07) is 7.05. The molecule has 0 saturated carbocycles. The number of rotatable bonds is 4. The summed E-state index contributed by atoms with van der Waals surface area (Å²) in [5.74, 6) is -0.269. The van der Waals surface area contributed by atoms with Crippen LogP contribution in [-0.2, 0) is 11.2 Å². The highest BCUT2D eigenvalue weighted by Gasteiger charge is 2.29. The van der Waals surface area contributed by atoms with Gasteiger partial charge < -0.3 is 10.2 Å². The van der Waals surface area contributed by atoms with Gasteiger partial charge >= 0.3 is 0 Å². The van der Waals surface area contributed by atoms with E-state index in [2.05, 4.69) is 36.3 Å². The number of nitrogens with zero attached hydrogens (tertiary/aromatic N) is 3. The van der Waals surface area contributed by atoms with E-state index >= 15 is 0 Å². The summed E-state index contributed by atoms with van der Waals surface area (Å²) in [6.45, 7) is 7.50. The molecule has 3 rings (SSSR count). The highest BCUT2D eigenvalue weighted by atomic mass is 35.5. The molecule has 1 aromatic heterocycles. The lowest BCUT2D eigenvalue weighted by Gasteiger charge is -2.31. The largest absolute Gasteiger partial charge is 0.339 e. The van der Waals surface area contributed by atoms with Gasteiger partial charge in [-0.25, -0.2) is 0 Å². The quantitative estimate of drug-likeness (QED) is 0.801. The smallest absolute Gasteiger partial charge is 0.255 e. The second-order valence-electron chi connectivity index (χ2n) is 8.27. The predicted molar refractivity (Wildman–Crippen MR) is 112 cm³/mol. The fourth-order valence-corrected chi connectivity index (χ4v) is 4.45. The summed E-state index contributed by atoms with van der Waals surface area (Å²) in [6.07, 6.45) is 2.06. The van der Waals surface area contributed by atoms with Crippen LogP contribution in [0.1, 0.15) is 49.0 Å². The van der Waals surface area contributed by atoms with E-state index in [1.54, 1.807) is 29.2 Å². The van der Waals surface area contributed by atoms with E-state index in [0.29, 0.717) is 41.6 Å². The van der Waals surface area contributed by atoms with Crippen molar-refractivity contribution < 1.29 is 9.59 Å². The SMILES string of the molecule is CC(C)(C)Cc1nnc(NC(=O)C2CCN(C(=O)c3ccccc3Cl)CC2)s1. The van der Waals surface area contributed by atoms with Crippen LogP contribution >= 0.6 is 22.9 Å². The summed E-state index contributed by atoms with van der Waals surface area (Å²) in [7, 11) is 0. The lowest BCUT2D eigenvalue weighted by atomic mass is 9.93. The van der Waals surface area contributed by atoms with Gasteiger partial charge in [-0.05, 0) is 30.4 Å². The number of carbonyl (C=O) groups is 2. The Labute approximate surface area is 174 Å². The Morgan fingerprint density at radius 3 is 2.54 bits per heavy atom. The fourth-order valence-electron chi connectivity index (χ4n) is 3.19. The molecule has 2 amide bonds. The number of likely N-dealkylation sites (tertiary alicyclic amines) is 1. The third kappa shape index (κ3) is 5.29. The Morgan fingerprint density at radius 2 is 1.89 bits per heavy atom. The second-order valence-corrected chi connectivity index (χ2v) is 9.74. The molecule has 0 atom stereocenters. The lowest BCUT2D eigenvalue weighted by molar-refractivity contribution is -0.121. The van der Waals surface area contributed by atoms with Gasteiger partial charge in [0.25, 0.3) is 5.91 Å². The zero-order valence-corrected chi connectivity index (χ0v) is 17.9. The number of carbonyl (C=O) groups excluding carboxylic acids is 2. The van der Waals surface area contributed by atoms with Crippen molar-refractivity contribution >= 4 is 39.9 Å². The molecule has 1 aliphatic rings. The number of piperidine rings is 1. The van der Waals surface area contributed by atoms with E-state index in [4.69, 9.17) is 11.6 Å². The van der Waals surface area contributed by atoms with Gasteiger partial charge in [0.15, 0.2) is 0 Å². The van der Waals surface area contributed by atoms with Gasteiger partial charge in [0.2, 0.25) is 11.0 Å². The normalized spacial score (nSPS) is 15.5. The minimum Gasteiger partial charge on any atom is -0.339 e. The molecule has 1 aliphatic heterocycles. The van der Waals surface area contributed by atoms with Crippen molar-refractivity contribution in [2.24, 2.45) is 11.3 Å². The molecule has 2 heterocycles. The Kier molecular flexibility index (Phi) is 6.35. The maximum Gasteiger partial charge on any atom is 0.255 e. The van der Waals surface area contributed by atoms with Crippen LogP contribution in [0.2, 0.25) is 5.02 Å². The first kappa shape index (κ1) is 20.7. The summed E-state index contributed by atoms with van der Waals surface area (Å²) < 4.78 is 0. The standard InChI is InChI=1S/C20H25ClN4O2S/c1-20(2,3)12-16-23-24-19(28-16)22-17(26)13-8-10-25(11-9-13)18(27)14-6-4-5-7-15(14)21/h4-7,13H,8-12H2,1-3H3,(H,22,24,26). The van der Waals surface area contributed by atoms with Crippen LogP contribution in [-0.4, -0.2) is 40.0 Å². The molecule has 6 nitrogen and oxygen atoms in total. The van der Waals surface area contributed by atoms with Gasteiger partial charge in [0.1, 0.15) is 5.01 Å². The Bertz CT molecular complexity index is 854. The van der Waals surface area contributed by atoms with Gasteiger partial charge in [-0.3, -0.25) is 9.59 Å². The zero-order valence-electron chi connectivity index (χ0n) is 16.4. The highest BCUT2D eigenvalue weighted by molar-refractivity contribution is 7.15. The van der Waals surface area contributed by atoms with Crippen molar-refractivity contribution in [2.45, 2.75) is 40.0 Å². The van der Waals surface area contributed by atoms with Crippen LogP contribution in [0.5, 0.6) is 0 Å². The summed E-state index contributed by atoms with van der Waals surface area (Å²) in [5, 5.41) is 13.0. The number of aromatic nitrogens is 2. The van der Waals surface area contributed by atoms with Gasteiger partial charge in [-0.1, -0.05) is 55.8 Å². The number of halogens is 1. The Morgan fingerprint density at radius 1 is 1.21 bits per heavy atom. The Balaban J connectivity index is 1.53. The first-order valence-electron chi connectivity index (χ1n) is 9.40.